The Morgan fingerprint density at radius 3 is 2.47 bits per heavy atom. The molecule has 0 aliphatic carbocycles. The van der Waals surface area contributed by atoms with Crippen LogP contribution in [0.3, 0.4) is 0 Å². The Morgan fingerprint density at radius 2 is 1.74 bits per heavy atom. The van der Waals surface area contributed by atoms with Crippen molar-refractivity contribution in [3.63, 3.8) is 0 Å². The molecule has 1 saturated heterocycles. The van der Waals surface area contributed by atoms with Gasteiger partial charge < -0.3 is 15.3 Å². The number of piperidine rings is 1. The third-order valence-electron chi connectivity index (χ3n) is 6.07. The fourth-order valence-electron chi connectivity index (χ4n) is 4.32. The number of aryl methyl sites for hydroxylation is 1. The van der Waals surface area contributed by atoms with E-state index in [4.69, 9.17) is 11.6 Å². The lowest BCUT2D eigenvalue weighted by Crippen LogP contribution is -2.44. The highest BCUT2D eigenvalue weighted by Gasteiger charge is 2.30. The van der Waals surface area contributed by atoms with Gasteiger partial charge in [-0.3, -0.25) is 9.59 Å². The SMILES string of the molecule is Cc1cc(Cl)cc(C(=O)O)c1NC(=O)C1CCCN(C(=O)c2cccc(-c3ccccc3)c2)C1. The first-order valence-electron chi connectivity index (χ1n) is 11.1. The van der Waals surface area contributed by atoms with E-state index in [1.165, 1.54) is 6.07 Å². The van der Waals surface area contributed by atoms with Gasteiger partial charge in [0.2, 0.25) is 5.91 Å². The predicted molar refractivity (Wildman–Crippen MR) is 132 cm³/mol. The van der Waals surface area contributed by atoms with Crippen LogP contribution in [0.15, 0.2) is 66.7 Å². The summed E-state index contributed by atoms with van der Waals surface area (Å²) in [5, 5.41) is 12.6. The number of halogens is 1. The van der Waals surface area contributed by atoms with Crippen LogP contribution >= 0.6 is 11.6 Å². The van der Waals surface area contributed by atoms with E-state index in [-0.39, 0.29) is 29.6 Å². The van der Waals surface area contributed by atoms with Crippen LogP contribution in [0.2, 0.25) is 5.02 Å². The van der Waals surface area contributed by atoms with Crippen molar-refractivity contribution in [3.05, 3.63) is 88.4 Å². The first-order valence-corrected chi connectivity index (χ1v) is 11.5. The summed E-state index contributed by atoms with van der Waals surface area (Å²) in [6, 6.07) is 20.3. The molecule has 1 heterocycles. The van der Waals surface area contributed by atoms with Crippen LogP contribution in [0.5, 0.6) is 0 Å². The van der Waals surface area contributed by atoms with Crippen LogP contribution in [0.4, 0.5) is 5.69 Å². The van der Waals surface area contributed by atoms with E-state index in [1.807, 2.05) is 48.5 Å². The maximum Gasteiger partial charge on any atom is 0.337 e. The molecule has 0 aromatic heterocycles. The van der Waals surface area contributed by atoms with Crippen molar-refractivity contribution in [3.8, 4) is 11.1 Å². The Hall–Kier alpha value is -3.64. The Kier molecular flexibility index (Phi) is 6.98. The van der Waals surface area contributed by atoms with Crippen LogP contribution in [-0.4, -0.2) is 40.9 Å². The number of nitrogens with zero attached hydrogens (tertiary/aromatic N) is 1. The zero-order chi connectivity index (χ0) is 24.2. The smallest absolute Gasteiger partial charge is 0.337 e. The van der Waals surface area contributed by atoms with Crippen LogP contribution in [0, 0.1) is 12.8 Å². The molecule has 0 saturated carbocycles. The second-order valence-corrected chi connectivity index (χ2v) is 8.91. The summed E-state index contributed by atoms with van der Waals surface area (Å²) in [4.78, 5) is 39.6. The monoisotopic (exact) mass is 476 g/mol. The lowest BCUT2D eigenvalue weighted by atomic mass is 9.95. The van der Waals surface area contributed by atoms with E-state index < -0.39 is 11.9 Å². The molecule has 0 spiro atoms. The maximum absolute atomic E-state index is 13.2. The van der Waals surface area contributed by atoms with Gasteiger partial charge in [-0.2, -0.15) is 0 Å². The van der Waals surface area contributed by atoms with Gasteiger partial charge in [0.05, 0.1) is 17.2 Å². The molecular formula is C27H25ClN2O4. The molecule has 0 radical (unpaired) electrons. The molecule has 1 fully saturated rings. The number of aromatic carboxylic acids is 1. The molecule has 2 N–H and O–H groups in total. The quantitative estimate of drug-likeness (QED) is 0.508. The molecule has 174 valence electrons. The molecule has 1 aliphatic heterocycles. The Bertz CT molecular complexity index is 1240. The molecular weight excluding hydrogens is 452 g/mol. The number of carboxylic acids is 1. The molecule has 1 atom stereocenters. The van der Waals surface area contributed by atoms with Crippen LogP contribution in [-0.2, 0) is 4.79 Å². The molecule has 4 rings (SSSR count). The van der Waals surface area contributed by atoms with Gasteiger partial charge in [0.1, 0.15) is 0 Å². The Balaban J connectivity index is 1.49. The van der Waals surface area contributed by atoms with E-state index in [1.54, 1.807) is 24.0 Å². The normalized spacial score (nSPS) is 15.6. The first kappa shape index (κ1) is 23.5. The van der Waals surface area contributed by atoms with Gasteiger partial charge in [-0.25, -0.2) is 4.79 Å². The number of hydrogen-bond acceptors (Lipinski definition) is 3. The lowest BCUT2D eigenvalue weighted by Gasteiger charge is -2.32. The minimum atomic E-state index is -1.17. The number of rotatable bonds is 5. The maximum atomic E-state index is 13.2. The van der Waals surface area contributed by atoms with E-state index in [0.29, 0.717) is 35.5 Å². The number of carboxylic acid groups (broad SMARTS) is 1. The minimum absolute atomic E-state index is 0.0557. The van der Waals surface area contributed by atoms with Crippen LogP contribution < -0.4 is 5.32 Å². The van der Waals surface area contributed by atoms with Crippen molar-refractivity contribution in [2.45, 2.75) is 19.8 Å². The van der Waals surface area contributed by atoms with Gasteiger partial charge in [0, 0.05) is 23.7 Å². The predicted octanol–water partition coefficient (Wildman–Crippen LogP) is 5.50. The summed E-state index contributed by atoms with van der Waals surface area (Å²) in [6.07, 6.45) is 1.31. The average molecular weight is 477 g/mol. The first-order chi connectivity index (χ1) is 16.3. The third-order valence-corrected chi connectivity index (χ3v) is 6.29. The molecule has 34 heavy (non-hydrogen) atoms. The topological polar surface area (TPSA) is 86.7 Å². The average Bonchev–Trinajstić information content (AvgIpc) is 2.85. The van der Waals surface area contributed by atoms with E-state index in [2.05, 4.69) is 5.32 Å². The second-order valence-electron chi connectivity index (χ2n) is 8.48. The molecule has 1 unspecified atom stereocenters. The van der Waals surface area contributed by atoms with Crippen molar-refractivity contribution in [2.24, 2.45) is 5.92 Å². The van der Waals surface area contributed by atoms with Gasteiger partial charge in [-0.05, 0) is 60.7 Å². The number of nitrogens with one attached hydrogen (secondary N) is 1. The molecule has 3 aromatic carbocycles. The summed E-state index contributed by atoms with van der Waals surface area (Å²) < 4.78 is 0. The zero-order valence-electron chi connectivity index (χ0n) is 18.8. The zero-order valence-corrected chi connectivity index (χ0v) is 19.5. The van der Waals surface area contributed by atoms with Crippen LogP contribution in [0.1, 0.15) is 39.1 Å². The second kappa shape index (κ2) is 10.1. The standard InChI is InChI=1S/C27H25ClN2O4/c1-17-13-22(28)15-23(27(33)34)24(17)29-25(31)21-11-6-12-30(16-21)26(32)20-10-5-9-19(14-20)18-7-3-2-4-8-18/h2-5,7-10,13-15,21H,6,11-12,16H2,1H3,(H,29,31)(H,33,34). The van der Waals surface area contributed by atoms with Crippen molar-refractivity contribution < 1.29 is 19.5 Å². The van der Waals surface area contributed by atoms with Crippen molar-refractivity contribution in [2.75, 3.05) is 18.4 Å². The molecule has 3 aromatic rings. The van der Waals surface area contributed by atoms with Gasteiger partial charge in [0.25, 0.3) is 5.91 Å². The molecule has 6 nitrogen and oxygen atoms in total. The number of carbonyl (C=O) groups is 3. The Morgan fingerprint density at radius 1 is 1.00 bits per heavy atom. The molecule has 2 amide bonds. The number of amides is 2. The van der Waals surface area contributed by atoms with Crippen LogP contribution in [0.25, 0.3) is 11.1 Å². The highest BCUT2D eigenvalue weighted by molar-refractivity contribution is 6.31. The highest BCUT2D eigenvalue weighted by Crippen LogP contribution is 2.28. The van der Waals surface area contributed by atoms with Gasteiger partial charge in [-0.15, -0.1) is 0 Å². The van der Waals surface area contributed by atoms with Gasteiger partial charge in [-0.1, -0.05) is 54.1 Å². The Labute approximate surface area is 203 Å². The summed E-state index contributed by atoms with van der Waals surface area (Å²) >= 11 is 5.99. The van der Waals surface area contributed by atoms with Gasteiger partial charge in [0.15, 0.2) is 0 Å². The number of carbonyl (C=O) groups excluding carboxylic acids is 2. The number of hydrogen-bond donors (Lipinski definition) is 2. The molecule has 7 heteroatoms. The molecule has 0 bridgehead atoms. The highest BCUT2D eigenvalue weighted by atomic mass is 35.5. The summed E-state index contributed by atoms with van der Waals surface area (Å²) in [5.74, 6) is -2.03. The summed E-state index contributed by atoms with van der Waals surface area (Å²) in [6.45, 7) is 2.54. The molecule has 1 aliphatic rings. The fraction of sp³-hybridized carbons (Fsp3) is 0.222. The van der Waals surface area contributed by atoms with Crippen molar-refractivity contribution in [1.82, 2.24) is 4.90 Å². The van der Waals surface area contributed by atoms with Gasteiger partial charge >= 0.3 is 5.97 Å². The summed E-state index contributed by atoms with van der Waals surface area (Å²) in [5.41, 5.74) is 3.31. The van der Waals surface area contributed by atoms with Crippen molar-refractivity contribution >= 4 is 35.1 Å². The fourth-order valence-corrected chi connectivity index (χ4v) is 4.60. The number of anilines is 1. The largest absolute Gasteiger partial charge is 0.478 e. The minimum Gasteiger partial charge on any atom is -0.478 e. The van der Waals surface area contributed by atoms with E-state index in [0.717, 1.165) is 11.1 Å². The van der Waals surface area contributed by atoms with E-state index in [9.17, 15) is 19.5 Å². The van der Waals surface area contributed by atoms with E-state index >= 15 is 0 Å². The summed E-state index contributed by atoms with van der Waals surface area (Å²) in [7, 11) is 0. The van der Waals surface area contributed by atoms with Crippen molar-refractivity contribution in [1.29, 1.82) is 0 Å². The lowest BCUT2D eigenvalue weighted by molar-refractivity contribution is -0.121. The third kappa shape index (κ3) is 5.13. The number of likely N-dealkylation sites (tertiary alicyclic amines) is 1. The number of benzene rings is 3.